The number of carbonyl (C=O) groups excluding carboxylic acids is 1. The Bertz CT molecular complexity index is 744. The number of carbonyl (C=O) groups is 1. The molecule has 2 aliphatic rings. The highest BCUT2D eigenvalue weighted by molar-refractivity contribution is 7.12. The van der Waals surface area contributed by atoms with Crippen molar-refractivity contribution in [2.24, 2.45) is 0 Å². The fourth-order valence-corrected chi connectivity index (χ4v) is 5.04. The van der Waals surface area contributed by atoms with Crippen LogP contribution in [0.1, 0.15) is 40.8 Å². The fraction of sp³-hybridized carbons (Fsp3) is 0.529. The molecular weight excluding hydrogens is 322 g/mol. The highest BCUT2D eigenvalue weighted by atomic mass is 32.1. The molecule has 2 aromatic heterocycles. The molecule has 6 nitrogen and oxygen atoms in total. The van der Waals surface area contributed by atoms with Gasteiger partial charge in [-0.25, -0.2) is 4.98 Å². The van der Waals surface area contributed by atoms with Crippen molar-refractivity contribution < 1.29 is 4.79 Å². The lowest BCUT2D eigenvalue weighted by atomic mass is 9.78. The number of likely N-dealkylation sites (N-methyl/N-ethyl adjacent to an activating group) is 1. The molecule has 2 aromatic rings. The van der Waals surface area contributed by atoms with Gasteiger partial charge in [0.25, 0.3) is 5.91 Å². The summed E-state index contributed by atoms with van der Waals surface area (Å²) >= 11 is 1.43. The van der Waals surface area contributed by atoms with E-state index in [1.165, 1.54) is 22.7 Å². The predicted octanol–water partition coefficient (Wildman–Crippen LogP) is 2.06. The van der Waals surface area contributed by atoms with Crippen molar-refractivity contribution in [3.05, 3.63) is 34.0 Å². The van der Waals surface area contributed by atoms with Crippen molar-refractivity contribution >= 4 is 22.9 Å². The van der Waals surface area contributed by atoms with Gasteiger partial charge in [0.1, 0.15) is 4.88 Å². The zero-order valence-corrected chi connectivity index (χ0v) is 14.7. The van der Waals surface area contributed by atoms with E-state index in [-0.39, 0.29) is 11.4 Å². The lowest BCUT2D eigenvalue weighted by molar-refractivity contribution is 0.0105. The van der Waals surface area contributed by atoms with Gasteiger partial charge in [0.15, 0.2) is 0 Å². The fourth-order valence-electron chi connectivity index (χ4n) is 4.25. The number of rotatable bonds is 2. The number of piperidine rings is 1. The molecule has 0 unspecified atom stereocenters. The summed E-state index contributed by atoms with van der Waals surface area (Å²) in [5, 5.41) is 1.88. The third-order valence-corrected chi connectivity index (χ3v) is 6.46. The third-order valence-electron chi connectivity index (χ3n) is 5.55. The van der Waals surface area contributed by atoms with Gasteiger partial charge in [0.2, 0.25) is 0 Å². The predicted molar refractivity (Wildman–Crippen MR) is 95.1 cm³/mol. The van der Waals surface area contributed by atoms with Crippen LogP contribution in [0.15, 0.2) is 17.8 Å². The van der Waals surface area contributed by atoms with Gasteiger partial charge in [-0.1, -0.05) is 6.92 Å². The van der Waals surface area contributed by atoms with Crippen molar-refractivity contribution in [3.63, 3.8) is 0 Å². The zero-order chi connectivity index (χ0) is 16.7. The summed E-state index contributed by atoms with van der Waals surface area (Å²) in [6, 6.07) is 1.80. The van der Waals surface area contributed by atoms with Gasteiger partial charge < -0.3 is 15.6 Å². The number of nitrogens with one attached hydrogen (secondary N) is 1. The summed E-state index contributed by atoms with van der Waals surface area (Å²) in [5.41, 5.74) is 8.94. The number of anilines is 1. The molecule has 1 spiro atoms. The summed E-state index contributed by atoms with van der Waals surface area (Å²) in [5.74, 6) is 0.0680. The number of nitrogens with zero attached hydrogens (tertiary/aromatic N) is 3. The molecule has 0 bridgehead atoms. The first kappa shape index (κ1) is 15.7. The van der Waals surface area contributed by atoms with Crippen LogP contribution in [0.5, 0.6) is 0 Å². The molecule has 1 fully saturated rings. The summed E-state index contributed by atoms with van der Waals surface area (Å²) in [7, 11) is 0. The van der Waals surface area contributed by atoms with Crippen molar-refractivity contribution in [2.75, 3.05) is 31.9 Å². The normalized spacial score (nSPS) is 20.3. The Labute approximate surface area is 145 Å². The maximum atomic E-state index is 12.7. The van der Waals surface area contributed by atoms with Crippen LogP contribution >= 0.6 is 11.3 Å². The summed E-state index contributed by atoms with van der Waals surface area (Å²) in [6.07, 6.45) is 4.69. The van der Waals surface area contributed by atoms with E-state index < -0.39 is 0 Å². The van der Waals surface area contributed by atoms with E-state index in [0.29, 0.717) is 10.6 Å². The molecule has 1 amide bonds. The van der Waals surface area contributed by atoms with Crippen molar-refractivity contribution in [2.45, 2.75) is 31.7 Å². The third kappa shape index (κ3) is 2.26. The van der Waals surface area contributed by atoms with E-state index in [2.05, 4.69) is 21.8 Å². The molecular formula is C17H23N5OS. The maximum absolute atomic E-state index is 12.7. The molecule has 0 saturated carbocycles. The van der Waals surface area contributed by atoms with Crippen LogP contribution in [-0.2, 0) is 12.0 Å². The number of H-pyrrole nitrogens is 1. The molecule has 128 valence electrons. The number of likely N-dealkylation sites (tertiary alicyclic amines) is 1. The number of amides is 1. The molecule has 1 saturated heterocycles. The molecule has 0 atom stereocenters. The van der Waals surface area contributed by atoms with E-state index in [1.807, 2.05) is 16.6 Å². The molecule has 7 heteroatoms. The first-order valence-electron chi connectivity index (χ1n) is 8.56. The van der Waals surface area contributed by atoms with E-state index in [4.69, 9.17) is 5.73 Å². The largest absolute Gasteiger partial charge is 0.397 e. The van der Waals surface area contributed by atoms with Crippen molar-refractivity contribution in [1.29, 1.82) is 0 Å². The number of nitrogens with two attached hydrogens (primary N) is 1. The van der Waals surface area contributed by atoms with Crippen LogP contribution in [-0.4, -0.2) is 51.9 Å². The average Bonchev–Trinajstić information content (AvgIpc) is 3.24. The van der Waals surface area contributed by atoms with Gasteiger partial charge in [0.05, 0.1) is 23.2 Å². The minimum Gasteiger partial charge on any atom is -0.397 e. The molecule has 0 aliphatic carbocycles. The second-order valence-corrected chi connectivity index (χ2v) is 7.50. The number of nitrogen functional groups attached to an aromatic ring is 1. The van der Waals surface area contributed by atoms with E-state index >= 15 is 0 Å². The van der Waals surface area contributed by atoms with Crippen LogP contribution in [0.4, 0.5) is 5.69 Å². The molecule has 0 radical (unpaired) electrons. The van der Waals surface area contributed by atoms with Gasteiger partial charge in [-0.15, -0.1) is 11.3 Å². The number of aromatic nitrogens is 2. The second kappa shape index (κ2) is 5.89. The Hall–Kier alpha value is -1.86. The van der Waals surface area contributed by atoms with Crippen molar-refractivity contribution in [3.8, 4) is 0 Å². The highest BCUT2D eigenvalue weighted by Crippen LogP contribution is 2.42. The smallest absolute Gasteiger partial charge is 0.266 e. The maximum Gasteiger partial charge on any atom is 0.266 e. The number of fused-ring (bicyclic) bond motifs is 2. The number of hydrogen-bond donors (Lipinski definition) is 2. The monoisotopic (exact) mass is 345 g/mol. The molecule has 4 rings (SSSR count). The van der Waals surface area contributed by atoms with Gasteiger partial charge in [0, 0.05) is 31.7 Å². The molecule has 2 aliphatic heterocycles. The molecule has 0 aromatic carbocycles. The first-order valence-corrected chi connectivity index (χ1v) is 9.43. The van der Waals surface area contributed by atoms with Gasteiger partial charge in [-0.3, -0.25) is 9.69 Å². The molecule has 3 N–H and O–H groups in total. The Morgan fingerprint density at radius 1 is 1.42 bits per heavy atom. The van der Waals surface area contributed by atoms with Crippen LogP contribution in [0, 0.1) is 0 Å². The Balaban J connectivity index is 1.57. The van der Waals surface area contributed by atoms with Crippen LogP contribution in [0.25, 0.3) is 0 Å². The summed E-state index contributed by atoms with van der Waals surface area (Å²) in [6.45, 7) is 5.77. The highest BCUT2D eigenvalue weighted by Gasteiger charge is 2.46. The lowest BCUT2D eigenvalue weighted by Gasteiger charge is -2.50. The summed E-state index contributed by atoms with van der Waals surface area (Å²) < 4.78 is 0. The molecule has 4 heterocycles. The summed E-state index contributed by atoms with van der Waals surface area (Å²) in [4.78, 5) is 25.8. The number of aromatic amines is 1. The quantitative estimate of drug-likeness (QED) is 0.873. The minimum atomic E-state index is -0.0277. The minimum absolute atomic E-state index is 0.0277. The first-order chi connectivity index (χ1) is 11.7. The van der Waals surface area contributed by atoms with Crippen LogP contribution in [0.3, 0.4) is 0 Å². The molecule has 24 heavy (non-hydrogen) atoms. The Morgan fingerprint density at radius 3 is 2.88 bits per heavy atom. The average molecular weight is 345 g/mol. The number of imidazole rings is 1. The SMILES string of the molecule is CCN1CCc2[nH]cnc2C12CCN(C(=O)c1sccc1N)CC2. The number of thiophene rings is 1. The van der Waals surface area contributed by atoms with Crippen LogP contribution in [0.2, 0.25) is 0 Å². The second-order valence-electron chi connectivity index (χ2n) is 6.59. The number of hydrogen-bond acceptors (Lipinski definition) is 5. The van der Waals surface area contributed by atoms with Crippen molar-refractivity contribution in [1.82, 2.24) is 19.8 Å². The van der Waals surface area contributed by atoms with Crippen LogP contribution < -0.4 is 5.73 Å². The standard InChI is InChI=1S/C17H23N5OS/c1-2-22-7-3-13-15(20-11-19-13)17(22)5-8-21(9-6-17)16(23)14-12(18)4-10-24-14/h4,10-11H,2-3,5-9,18H2,1H3,(H,19,20). The van der Waals surface area contributed by atoms with E-state index in [1.54, 1.807) is 6.07 Å². The van der Waals surface area contributed by atoms with E-state index in [0.717, 1.165) is 45.4 Å². The topological polar surface area (TPSA) is 78.2 Å². The van der Waals surface area contributed by atoms with E-state index in [9.17, 15) is 4.79 Å². The zero-order valence-electron chi connectivity index (χ0n) is 13.9. The Kier molecular flexibility index (Phi) is 3.85. The Morgan fingerprint density at radius 2 is 2.21 bits per heavy atom. The van der Waals surface area contributed by atoms with Gasteiger partial charge >= 0.3 is 0 Å². The van der Waals surface area contributed by atoms with Gasteiger partial charge in [-0.2, -0.15) is 0 Å². The van der Waals surface area contributed by atoms with Gasteiger partial charge in [-0.05, 0) is 30.8 Å². The lowest BCUT2D eigenvalue weighted by Crippen LogP contribution is -2.57.